The monoisotopic (exact) mass is 306 g/mol. The predicted octanol–water partition coefficient (Wildman–Crippen LogP) is 3.91. The summed E-state index contributed by atoms with van der Waals surface area (Å²) < 4.78 is 0. The quantitative estimate of drug-likeness (QED) is 0.866. The minimum atomic E-state index is 0.0475. The molecule has 0 bridgehead atoms. The molecule has 0 heterocycles. The van der Waals surface area contributed by atoms with E-state index in [1.807, 2.05) is 36.0 Å². The molecule has 0 unspecified atom stereocenters. The number of hydrogen-bond donors (Lipinski definition) is 2. The summed E-state index contributed by atoms with van der Waals surface area (Å²) in [4.78, 5) is 12.5. The van der Waals surface area contributed by atoms with Crippen molar-refractivity contribution < 1.29 is 4.79 Å². The summed E-state index contributed by atoms with van der Waals surface area (Å²) in [6.07, 6.45) is 6.78. The van der Waals surface area contributed by atoms with Gasteiger partial charge in [-0.25, -0.2) is 0 Å². The Hall–Kier alpha value is -1.16. The van der Waals surface area contributed by atoms with Gasteiger partial charge in [0.15, 0.2) is 0 Å². The number of thioether (sulfide) groups is 1. The van der Waals surface area contributed by atoms with E-state index in [1.54, 1.807) is 0 Å². The number of carbonyl (C=O) groups excluding carboxylic acids is 1. The van der Waals surface area contributed by atoms with Crippen LogP contribution >= 0.6 is 11.8 Å². The van der Waals surface area contributed by atoms with Crippen LogP contribution < -0.4 is 10.6 Å². The van der Waals surface area contributed by atoms with Crippen molar-refractivity contribution in [3.8, 4) is 0 Å². The number of anilines is 1. The topological polar surface area (TPSA) is 41.1 Å². The summed E-state index contributed by atoms with van der Waals surface area (Å²) in [5.74, 6) is 0.0475. The maximum absolute atomic E-state index is 12.5. The van der Waals surface area contributed by atoms with Gasteiger partial charge in [-0.15, -0.1) is 0 Å². The summed E-state index contributed by atoms with van der Waals surface area (Å²) in [6, 6.07) is 8.40. The third-order valence-electron chi connectivity index (χ3n) is 3.96. The average molecular weight is 306 g/mol. The molecule has 1 aromatic carbocycles. The molecule has 1 aromatic rings. The SMILES string of the molecule is CSC1CCC(NC(=O)c2ccccc2NC(C)C)CC1. The van der Waals surface area contributed by atoms with Crippen molar-refractivity contribution in [2.24, 2.45) is 0 Å². The van der Waals surface area contributed by atoms with Crippen LogP contribution in [0, 0.1) is 0 Å². The van der Waals surface area contributed by atoms with E-state index < -0.39 is 0 Å². The second kappa shape index (κ2) is 7.74. The standard InChI is InChI=1S/C17H26N2OS/c1-12(2)18-16-7-5-4-6-15(16)17(20)19-13-8-10-14(21-3)11-9-13/h4-7,12-14,18H,8-11H2,1-3H3,(H,19,20). The van der Waals surface area contributed by atoms with Crippen LogP contribution in [0.1, 0.15) is 49.9 Å². The molecular weight excluding hydrogens is 280 g/mol. The molecule has 2 N–H and O–H groups in total. The molecule has 21 heavy (non-hydrogen) atoms. The van der Waals surface area contributed by atoms with E-state index in [9.17, 15) is 4.79 Å². The van der Waals surface area contributed by atoms with Gasteiger partial charge in [0.2, 0.25) is 0 Å². The first-order valence-corrected chi connectivity index (χ1v) is 9.08. The van der Waals surface area contributed by atoms with Gasteiger partial charge in [-0.2, -0.15) is 11.8 Å². The van der Waals surface area contributed by atoms with E-state index in [0.717, 1.165) is 29.3 Å². The van der Waals surface area contributed by atoms with Crippen LogP contribution in [-0.2, 0) is 0 Å². The molecule has 3 nitrogen and oxygen atoms in total. The predicted molar refractivity (Wildman–Crippen MR) is 92.2 cm³/mol. The lowest BCUT2D eigenvalue weighted by Gasteiger charge is -2.28. The molecule has 0 aromatic heterocycles. The van der Waals surface area contributed by atoms with E-state index in [2.05, 4.69) is 30.7 Å². The van der Waals surface area contributed by atoms with Crippen molar-refractivity contribution in [2.75, 3.05) is 11.6 Å². The number of carbonyl (C=O) groups is 1. The molecule has 1 saturated carbocycles. The Kier molecular flexibility index (Phi) is 5.97. The lowest BCUT2D eigenvalue weighted by molar-refractivity contribution is 0.0929. The zero-order chi connectivity index (χ0) is 15.2. The van der Waals surface area contributed by atoms with Crippen molar-refractivity contribution in [2.45, 2.75) is 56.9 Å². The highest BCUT2D eigenvalue weighted by Gasteiger charge is 2.22. The number of hydrogen-bond acceptors (Lipinski definition) is 3. The smallest absolute Gasteiger partial charge is 0.253 e. The van der Waals surface area contributed by atoms with Crippen LogP contribution in [0.15, 0.2) is 24.3 Å². The molecule has 2 rings (SSSR count). The molecule has 0 atom stereocenters. The van der Waals surface area contributed by atoms with Gasteiger partial charge in [0.05, 0.1) is 5.56 Å². The lowest BCUT2D eigenvalue weighted by Crippen LogP contribution is -2.38. The van der Waals surface area contributed by atoms with Crippen LogP contribution in [0.2, 0.25) is 0 Å². The van der Waals surface area contributed by atoms with Gasteiger partial charge in [-0.05, 0) is 57.9 Å². The molecule has 116 valence electrons. The van der Waals surface area contributed by atoms with Crippen LogP contribution in [0.25, 0.3) is 0 Å². The van der Waals surface area contributed by atoms with Crippen molar-refractivity contribution in [3.05, 3.63) is 29.8 Å². The molecule has 1 fully saturated rings. The van der Waals surface area contributed by atoms with Crippen LogP contribution in [-0.4, -0.2) is 29.5 Å². The van der Waals surface area contributed by atoms with Gasteiger partial charge in [-0.1, -0.05) is 12.1 Å². The van der Waals surface area contributed by atoms with Gasteiger partial charge in [0.25, 0.3) is 5.91 Å². The van der Waals surface area contributed by atoms with Gasteiger partial charge in [-0.3, -0.25) is 4.79 Å². The van der Waals surface area contributed by atoms with Crippen molar-refractivity contribution >= 4 is 23.4 Å². The lowest BCUT2D eigenvalue weighted by atomic mass is 9.94. The number of rotatable bonds is 5. The maximum Gasteiger partial charge on any atom is 0.253 e. The van der Waals surface area contributed by atoms with Crippen molar-refractivity contribution in [1.29, 1.82) is 0 Å². The summed E-state index contributed by atoms with van der Waals surface area (Å²) >= 11 is 1.95. The normalized spacial score (nSPS) is 22.1. The summed E-state index contributed by atoms with van der Waals surface area (Å²) in [6.45, 7) is 4.16. The molecule has 1 amide bonds. The fourth-order valence-corrected chi connectivity index (χ4v) is 3.57. The Labute approximate surface area is 132 Å². The van der Waals surface area contributed by atoms with E-state index in [-0.39, 0.29) is 5.91 Å². The molecule has 4 heteroatoms. The highest BCUT2D eigenvalue weighted by Crippen LogP contribution is 2.27. The Morgan fingerprint density at radius 1 is 1.19 bits per heavy atom. The van der Waals surface area contributed by atoms with Crippen LogP contribution in [0.5, 0.6) is 0 Å². The number of nitrogens with one attached hydrogen (secondary N) is 2. The molecule has 1 aliphatic carbocycles. The van der Waals surface area contributed by atoms with Gasteiger partial charge >= 0.3 is 0 Å². The third kappa shape index (κ3) is 4.67. The zero-order valence-electron chi connectivity index (χ0n) is 13.2. The number of benzene rings is 1. The highest BCUT2D eigenvalue weighted by atomic mass is 32.2. The molecule has 0 saturated heterocycles. The fraction of sp³-hybridized carbons (Fsp3) is 0.588. The van der Waals surface area contributed by atoms with Gasteiger partial charge in [0, 0.05) is 23.0 Å². The first-order chi connectivity index (χ1) is 10.1. The second-order valence-electron chi connectivity index (χ2n) is 6.03. The van der Waals surface area contributed by atoms with E-state index in [1.165, 1.54) is 12.8 Å². The Bertz CT molecular complexity index is 468. The van der Waals surface area contributed by atoms with Gasteiger partial charge in [0.1, 0.15) is 0 Å². The largest absolute Gasteiger partial charge is 0.382 e. The summed E-state index contributed by atoms with van der Waals surface area (Å²) in [5, 5.41) is 7.32. The summed E-state index contributed by atoms with van der Waals surface area (Å²) in [5.41, 5.74) is 1.67. The van der Waals surface area contributed by atoms with E-state index >= 15 is 0 Å². The van der Waals surface area contributed by atoms with Crippen molar-refractivity contribution in [3.63, 3.8) is 0 Å². The van der Waals surface area contributed by atoms with E-state index in [4.69, 9.17) is 0 Å². The summed E-state index contributed by atoms with van der Waals surface area (Å²) in [7, 11) is 0. The minimum Gasteiger partial charge on any atom is -0.382 e. The molecule has 0 spiro atoms. The maximum atomic E-state index is 12.5. The van der Waals surface area contributed by atoms with Crippen molar-refractivity contribution in [1.82, 2.24) is 5.32 Å². The Morgan fingerprint density at radius 2 is 1.86 bits per heavy atom. The van der Waals surface area contributed by atoms with Crippen LogP contribution in [0.4, 0.5) is 5.69 Å². The molecular formula is C17H26N2OS. The van der Waals surface area contributed by atoms with E-state index in [0.29, 0.717) is 12.1 Å². The van der Waals surface area contributed by atoms with Crippen LogP contribution in [0.3, 0.4) is 0 Å². The minimum absolute atomic E-state index is 0.0475. The number of para-hydroxylation sites is 1. The highest BCUT2D eigenvalue weighted by molar-refractivity contribution is 7.99. The molecule has 0 aliphatic heterocycles. The first-order valence-electron chi connectivity index (χ1n) is 7.79. The molecule has 1 aliphatic rings. The Morgan fingerprint density at radius 3 is 2.48 bits per heavy atom. The number of amides is 1. The third-order valence-corrected chi connectivity index (χ3v) is 5.10. The molecule has 0 radical (unpaired) electrons. The fourth-order valence-electron chi connectivity index (χ4n) is 2.82. The van der Waals surface area contributed by atoms with Gasteiger partial charge < -0.3 is 10.6 Å². The average Bonchev–Trinajstić information content (AvgIpc) is 2.48. The first kappa shape index (κ1) is 16.2. The zero-order valence-corrected chi connectivity index (χ0v) is 14.0. The Balaban J connectivity index is 1.97. The second-order valence-corrected chi connectivity index (χ2v) is 7.17.